The first kappa shape index (κ1) is 22.3. The minimum atomic E-state index is -0.293. The van der Waals surface area contributed by atoms with Gasteiger partial charge in [0.25, 0.3) is 0 Å². The van der Waals surface area contributed by atoms with Crippen molar-refractivity contribution in [3.05, 3.63) is 54.1 Å². The van der Waals surface area contributed by atoms with E-state index in [2.05, 4.69) is 10.6 Å². The lowest BCUT2D eigenvalue weighted by molar-refractivity contribution is -0.135. The highest BCUT2D eigenvalue weighted by molar-refractivity contribution is 6.00. The number of likely N-dealkylation sites (tertiary alicyclic amines) is 1. The highest BCUT2D eigenvalue weighted by Gasteiger charge is 2.28. The van der Waals surface area contributed by atoms with Gasteiger partial charge in [0, 0.05) is 20.0 Å². The Morgan fingerprint density at radius 2 is 1.84 bits per heavy atom. The number of hydrogen-bond acceptors (Lipinski definition) is 4. The number of nitrogens with zero attached hydrogens (tertiary/aromatic N) is 1. The van der Waals surface area contributed by atoms with Crippen molar-refractivity contribution in [2.24, 2.45) is 5.92 Å². The summed E-state index contributed by atoms with van der Waals surface area (Å²) >= 11 is 0. The number of carbonyl (C=O) groups excluding carboxylic acids is 3. The fourth-order valence-electron chi connectivity index (χ4n) is 3.64. The van der Waals surface area contributed by atoms with Crippen molar-refractivity contribution in [2.45, 2.75) is 33.1 Å². The van der Waals surface area contributed by atoms with Crippen LogP contribution in [0, 0.1) is 12.8 Å². The molecule has 1 aliphatic rings. The van der Waals surface area contributed by atoms with Crippen LogP contribution in [0.1, 0.15) is 31.7 Å². The summed E-state index contributed by atoms with van der Waals surface area (Å²) in [6.45, 7) is 4.69. The van der Waals surface area contributed by atoms with Gasteiger partial charge >= 0.3 is 0 Å². The zero-order valence-electron chi connectivity index (χ0n) is 18.0. The normalized spacial score (nSPS) is 15.8. The maximum Gasteiger partial charge on any atom is 0.229 e. The Kier molecular flexibility index (Phi) is 7.65. The SMILES string of the molecule is CC(=O)Nc1ccc(C)cc1NC(=O)C1CCCN(C(=O)CCOc2ccccc2)C1. The van der Waals surface area contributed by atoms with E-state index in [1.807, 2.05) is 49.4 Å². The van der Waals surface area contributed by atoms with Crippen molar-refractivity contribution in [3.63, 3.8) is 0 Å². The number of aryl methyl sites for hydroxylation is 1. The number of benzene rings is 2. The lowest BCUT2D eigenvalue weighted by Crippen LogP contribution is -2.44. The first-order chi connectivity index (χ1) is 14.9. The predicted molar refractivity (Wildman–Crippen MR) is 120 cm³/mol. The number of nitrogens with one attached hydrogen (secondary N) is 2. The Balaban J connectivity index is 1.55. The molecule has 2 aromatic rings. The summed E-state index contributed by atoms with van der Waals surface area (Å²) in [5, 5.41) is 5.67. The first-order valence-electron chi connectivity index (χ1n) is 10.6. The molecular weight excluding hydrogens is 394 g/mol. The zero-order chi connectivity index (χ0) is 22.2. The number of rotatable bonds is 7. The van der Waals surface area contributed by atoms with Gasteiger partial charge in [-0.05, 0) is 49.6 Å². The van der Waals surface area contributed by atoms with E-state index in [0.29, 0.717) is 31.1 Å². The molecule has 2 aromatic carbocycles. The third kappa shape index (κ3) is 6.57. The molecule has 3 rings (SSSR count). The Hall–Kier alpha value is -3.35. The average Bonchev–Trinajstić information content (AvgIpc) is 2.76. The van der Waals surface area contributed by atoms with Gasteiger partial charge in [0.1, 0.15) is 5.75 Å². The molecule has 1 aliphatic heterocycles. The predicted octanol–water partition coefficient (Wildman–Crippen LogP) is 3.60. The molecule has 3 amide bonds. The van der Waals surface area contributed by atoms with Crippen molar-refractivity contribution in [3.8, 4) is 5.75 Å². The van der Waals surface area contributed by atoms with E-state index in [-0.39, 0.29) is 30.1 Å². The van der Waals surface area contributed by atoms with Gasteiger partial charge in [-0.1, -0.05) is 24.3 Å². The van der Waals surface area contributed by atoms with Crippen LogP contribution >= 0.6 is 0 Å². The molecule has 1 heterocycles. The molecule has 0 aromatic heterocycles. The molecule has 7 nitrogen and oxygen atoms in total. The Morgan fingerprint density at radius 3 is 2.58 bits per heavy atom. The van der Waals surface area contributed by atoms with Crippen molar-refractivity contribution in [2.75, 3.05) is 30.3 Å². The van der Waals surface area contributed by atoms with Gasteiger partial charge in [-0.3, -0.25) is 14.4 Å². The molecule has 0 spiro atoms. The van der Waals surface area contributed by atoms with Crippen LogP contribution in [0.3, 0.4) is 0 Å². The van der Waals surface area contributed by atoms with Gasteiger partial charge < -0.3 is 20.3 Å². The smallest absolute Gasteiger partial charge is 0.229 e. The highest BCUT2D eigenvalue weighted by Crippen LogP contribution is 2.26. The third-order valence-electron chi connectivity index (χ3n) is 5.22. The number of hydrogen-bond donors (Lipinski definition) is 2. The van der Waals surface area contributed by atoms with Crippen LogP contribution in [0.4, 0.5) is 11.4 Å². The number of para-hydroxylation sites is 1. The van der Waals surface area contributed by atoms with Crippen LogP contribution in [-0.2, 0) is 14.4 Å². The summed E-state index contributed by atoms with van der Waals surface area (Å²) in [5.41, 5.74) is 2.11. The van der Waals surface area contributed by atoms with Crippen LogP contribution in [0.15, 0.2) is 48.5 Å². The standard InChI is InChI=1S/C24H29N3O4/c1-17-10-11-21(25-18(2)28)22(15-17)26-24(30)19-7-6-13-27(16-19)23(29)12-14-31-20-8-4-3-5-9-20/h3-5,8-11,15,19H,6-7,12-14,16H2,1-2H3,(H,25,28)(H,26,30). The van der Waals surface area contributed by atoms with Gasteiger partial charge in [-0.15, -0.1) is 0 Å². The molecule has 0 saturated carbocycles. The molecule has 2 N–H and O–H groups in total. The summed E-state index contributed by atoms with van der Waals surface area (Å²) in [7, 11) is 0. The summed E-state index contributed by atoms with van der Waals surface area (Å²) < 4.78 is 5.62. The summed E-state index contributed by atoms with van der Waals surface area (Å²) in [6.07, 6.45) is 1.76. The second-order valence-electron chi connectivity index (χ2n) is 7.81. The molecule has 0 aliphatic carbocycles. The molecule has 1 saturated heterocycles. The van der Waals surface area contributed by atoms with E-state index < -0.39 is 0 Å². The van der Waals surface area contributed by atoms with E-state index >= 15 is 0 Å². The molecule has 164 valence electrons. The molecule has 31 heavy (non-hydrogen) atoms. The molecule has 1 atom stereocenters. The zero-order valence-corrected chi connectivity index (χ0v) is 18.0. The van der Waals surface area contributed by atoms with Gasteiger partial charge in [-0.2, -0.15) is 0 Å². The largest absolute Gasteiger partial charge is 0.493 e. The molecule has 1 unspecified atom stereocenters. The van der Waals surface area contributed by atoms with Gasteiger partial charge in [0.15, 0.2) is 0 Å². The molecular formula is C24H29N3O4. The van der Waals surface area contributed by atoms with Crippen molar-refractivity contribution < 1.29 is 19.1 Å². The van der Waals surface area contributed by atoms with Crippen LogP contribution < -0.4 is 15.4 Å². The fraction of sp³-hybridized carbons (Fsp3) is 0.375. The highest BCUT2D eigenvalue weighted by atomic mass is 16.5. The lowest BCUT2D eigenvalue weighted by Gasteiger charge is -2.32. The lowest BCUT2D eigenvalue weighted by atomic mass is 9.96. The maximum atomic E-state index is 12.9. The van der Waals surface area contributed by atoms with Crippen LogP contribution in [0.25, 0.3) is 0 Å². The third-order valence-corrected chi connectivity index (χ3v) is 5.22. The Morgan fingerprint density at radius 1 is 1.06 bits per heavy atom. The topological polar surface area (TPSA) is 87.7 Å². The monoisotopic (exact) mass is 423 g/mol. The first-order valence-corrected chi connectivity index (χ1v) is 10.6. The minimum absolute atomic E-state index is 0.0112. The Bertz CT molecular complexity index is 930. The number of piperidine rings is 1. The minimum Gasteiger partial charge on any atom is -0.493 e. The number of carbonyl (C=O) groups is 3. The van der Waals surface area contributed by atoms with E-state index in [1.165, 1.54) is 6.92 Å². The van der Waals surface area contributed by atoms with Crippen LogP contribution in [0.2, 0.25) is 0 Å². The molecule has 7 heteroatoms. The van der Waals surface area contributed by atoms with E-state index in [9.17, 15) is 14.4 Å². The summed E-state index contributed by atoms with van der Waals surface area (Å²) in [4.78, 5) is 38.7. The van der Waals surface area contributed by atoms with Crippen molar-refractivity contribution >= 4 is 29.1 Å². The maximum absolute atomic E-state index is 12.9. The van der Waals surface area contributed by atoms with Gasteiger partial charge in [0.2, 0.25) is 17.7 Å². The summed E-state index contributed by atoms with van der Waals surface area (Å²) in [6, 6.07) is 14.9. The fourth-order valence-corrected chi connectivity index (χ4v) is 3.64. The molecule has 0 radical (unpaired) electrons. The van der Waals surface area contributed by atoms with Crippen LogP contribution in [0.5, 0.6) is 5.75 Å². The number of amides is 3. The number of anilines is 2. The molecule has 1 fully saturated rings. The van der Waals surface area contributed by atoms with E-state index in [0.717, 1.165) is 24.2 Å². The van der Waals surface area contributed by atoms with Crippen LogP contribution in [-0.4, -0.2) is 42.3 Å². The van der Waals surface area contributed by atoms with E-state index in [1.54, 1.807) is 11.0 Å². The van der Waals surface area contributed by atoms with Gasteiger partial charge in [0.05, 0.1) is 30.3 Å². The molecule has 0 bridgehead atoms. The quantitative estimate of drug-likeness (QED) is 0.712. The second kappa shape index (κ2) is 10.6. The van der Waals surface area contributed by atoms with Crippen molar-refractivity contribution in [1.29, 1.82) is 0 Å². The Labute approximate surface area is 182 Å². The van der Waals surface area contributed by atoms with E-state index in [4.69, 9.17) is 4.74 Å². The van der Waals surface area contributed by atoms with Gasteiger partial charge in [-0.25, -0.2) is 0 Å². The summed E-state index contributed by atoms with van der Waals surface area (Å²) in [5.74, 6) is 0.0856. The second-order valence-corrected chi connectivity index (χ2v) is 7.81. The number of ether oxygens (including phenoxy) is 1. The van der Waals surface area contributed by atoms with Crippen molar-refractivity contribution in [1.82, 2.24) is 4.90 Å². The average molecular weight is 424 g/mol.